The van der Waals surface area contributed by atoms with Crippen LogP contribution < -0.4 is 11.5 Å². The quantitative estimate of drug-likeness (QED) is 0.707. The van der Waals surface area contributed by atoms with Gasteiger partial charge in [-0.25, -0.2) is 0 Å². The van der Waals surface area contributed by atoms with Crippen LogP contribution in [0.1, 0.15) is 15.9 Å². The van der Waals surface area contributed by atoms with E-state index in [9.17, 15) is 9.90 Å². The summed E-state index contributed by atoms with van der Waals surface area (Å²) in [5.74, 6) is -0.566. The lowest BCUT2D eigenvalue weighted by Gasteiger charge is -2.14. The molecule has 0 saturated heterocycles. The molecule has 5 N–H and O–H groups in total. The van der Waals surface area contributed by atoms with E-state index in [-0.39, 0.29) is 5.57 Å². The van der Waals surface area contributed by atoms with Crippen LogP contribution in [0.4, 0.5) is 0 Å². The van der Waals surface area contributed by atoms with E-state index >= 15 is 0 Å². The van der Waals surface area contributed by atoms with Crippen molar-refractivity contribution in [1.29, 1.82) is 0 Å². The number of hydrogen-bond acceptors (Lipinski definition) is 3. The molecular formula is C14H14N2O2. The zero-order valence-electron chi connectivity index (χ0n) is 9.76. The molecule has 4 heteroatoms. The molecule has 1 atom stereocenters. The van der Waals surface area contributed by atoms with Crippen LogP contribution in [-0.4, -0.2) is 17.2 Å². The smallest absolute Gasteiger partial charge is 0.249 e. The van der Waals surface area contributed by atoms with Crippen molar-refractivity contribution >= 4 is 22.3 Å². The number of amides is 1. The minimum atomic E-state index is -1.22. The molecule has 0 aliphatic rings. The highest BCUT2D eigenvalue weighted by molar-refractivity contribution is 6.10. The molecule has 1 amide bonds. The summed E-state index contributed by atoms with van der Waals surface area (Å²) < 4.78 is 0. The van der Waals surface area contributed by atoms with Crippen molar-refractivity contribution < 1.29 is 9.90 Å². The molecule has 2 aromatic carbocycles. The monoisotopic (exact) mass is 242 g/mol. The second-order valence-corrected chi connectivity index (χ2v) is 4.04. The van der Waals surface area contributed by atoms with Gasteiger partial charge in [-0.2, -0.15) is 0 Å². The highest BCUT2D eigenvalue weighted by atomic mass is 16.3. The number of benzene rings is 2. The molecule has 0 saturated carbocycles. The minimum Gasteiger partial charge on any atom is -0.375 e. The molecule has 1 unspecified atom stereocenters. The summed E-state index contributed by atoms with van der Waals surface area (Å²) in [6.07, 6.45) is -1.22. The highest BCUT2D eigenvalue weighted by Gasteiger charge is 2.16. The molecule has 92 valence electrons. The summed E-state index contributed by atoms with van der Waals surface area (Å²) in [6, 6.07) is 10.9. The van der Waals surface area contributed by atoms with Crippen molar-refractivity contribution in [2.75, 3.05) is 0 Å². The van der Waals surface area contributed by atoms with Gasteiger partial charge in [-0.05, 0) is 21.9 Å². The third kappa shape index (κ3) is 1.99. The highest BCUT2D eigenvalue weighted by Crippen LogP contribution is 2.27. The van der Waals surface area contributed by atoms with Crippen LogP contribution in [0.15, 0.2) is 43.0 Å². The summed E-state index contributed by atoms with van der Waals surface area (Å²) in [5, 5.41) is 11.0. The van der Waals surface area contributed by atoms with E-state index in [0.717, 1.165) is 10.8 Å². The topological polar surface area (TPSA) is 89.3 Å². The number of rotatable bonds is 3. The fourth-order valence-corrected chi connectivity index (χ4v) is 1.96. The first kappa shape index (κ1) is 12.3. The summed E-state index contributed by atoms with van der Waals surface area (Å²) in [5.41, 5.74) is 11.9. The summed E-state index contributed by atoms with van der Waals surface area (Å²) >= 11 is 0. The number of carbonyl (C=O) groups is 1. The first-order chi connectivity index (χ1) is 8.52. The van der Waals surface area contributed by atoms with Gasteiger partial charge < -0.3 is 16.6 Å². The van der Waals surface area contributed by atoms with Gasteiger partial charge in [-0.3, -0.25) is 4.79 Å². The van der Waals surface area contributed by atoms with Gasteiger partial charge in [0.25, 0.3) is 0 Å². The number of aliphatic hydroxyl groups excluding tert-OH is 1. The Kier molecular flexibility index (Phi) is 3.14. The average Bonchev–Trinajstić information content (AvgIpc) is 2.36. The molecule has 2 aromatic rings. The van der Waals surface area contributed by atoms with Crippen molar-refractivity contribution in [3.8, 4) is 0 Å². The molecule has 18 heavy (non-hydrogen) atoms. The molecule has 0 aromatic heterocycles. The molecule has 0 heterocycles. The third-order valence-corrected chi connectivity index (χ3v) is 2.88. The van der Waals surface area contributed by atoms with Crippen LogP contribution in [-0.2, 0) is 0 Å². The molecule has 0 radical (unpaired) electrons. The molecule has 0 bridgehead atoms. The van der Waals surface area contributed by atoms with E-state index in [0.29, 0.717) is 11.1 Å². The summed E-state index contributed by atoms with van der Waals surface area (Å²) in [7, 11) is 0. The number of nitrogens with two attached hydrogens (primary N) is 2. The number of hydrogen-bond donors (Lipinski definition) is 3. The van der Waals surface area contributed by atoms with E-state index in [2.05, 4.69) is 6.58 Å². The SMILES string of the molecule is C=C(c1ccc2ccccc2c1C(N)=O)C(N)O. The van der Waals surface area contributed by atoms with Gasteiger partial charge in [0.2, 0.25) is 5.91 Å². The Hall–Kier alpha value is -2.17. The normalized spacial score (nSPS) is 12.3. The van der Waals surface area contributed by atoms with Gasteiger partial charge >= 0.3 is 0 Å². The van der Waals surface area contributed by atoms with Crippen molar-refractivity contribution in [1.82, 2.24) is 0 Å². The number of aliphatic hydroxyl groups is 1. The van der Waals surface area contributed by atoms with Gasteiger partial charge in [0, 0.05) is 0 Å². The average molecular weight is 242 g/mol. The number of carbonyl (C=O) groups excluding carboxylic acids is 1. The van der Waals surface area contributed by atoms with E-state index in [1.54, 1.807) is 12.1 Å². The predicted molar refractivity (Wildman–Crippen MR) is 71.7 cm³/mol. The van der Waals surface area contributed by atoms with Crippen molar-refractivity contribution in [3.63, 3.8) is 0 Å². The van der Waals surface area contributed by atoms with Crippen molar-refractivity contribution in [2.24, 2.45) is 11.5 Å². The maximum Gasteiger partial charge on any atom is 0.249 e. The second kappa shape index (κ2) is 4.60. The predicted octanol–water partition coefficient (Wildman–Crippen LogP) is 1.23. The summed E-state index contributed by atoms with van der Waals surface area (Å²) in [6.45, 7) is 3.69. The Morgan fingerprint density at radius 1 is 1.22 bits per heavy atom. The maximum atomic E-state index is 11.6. The van der Waals surface area contributed by atoms with E-state index in [1.807, 2.05) is 24.3 Å². The molecule has 4 nitrogen and oxygen atoms in total. The Morgan fingerprint density at radius 2 is 1.89 bits per heavy atom. The zero-order valence-corrected chi connectivity index (χ0v) is 9.76. The maximum absolute atomic E-state index is 11.6. The number of primary amides is 1. The van der Waals surface area contributed by atoms with Gasteiger partial charge in [0.15, 0.2) is 0 Å². The third-order valence-electron chi connectivity index (χ3n) is 2.88. The number of fused-ring (bicyclic) bond motifs is 1. The Morgan fingerprint density at radius 3 is 2.50 bits per heavy atom. The molecule has 0 aliphatic heterocycles. The van der Waals surface area contributed by atoms with Crippen LogP contribution >= 0.6 is 0 Å². The minimum absolute atomic E-state index is 0.273. The second-order valence-electron chi connectivity index (χ2n) is 4.04. The lowest BCUT2D eigenvalue weighted by Crippen LogP contribution is -2.22. The van der Waals surface area contributed by atoms with Crippen molar-refractivity contribution in [3.05, 3.63) is 54.1 Å². The first-order valence-corrected chi connectivity index (χ1v) is 5.46. The largest absolute Gasteiger partial charge is 0.375 e. The van der Waals surface area contributed by atoms with E-state index in [1.165, 1.54) is 0 Å². The molecule has 2 rings (SSSR count). The molecule has 0 spiro atoms. The fourth-order valence-electron chi connectivity index (χ4n) is 1.96. The molecule has 0 aliphatic carbocycles. The van der Waals surface area contributed by atoms with Gasteiger partial charge in [-0.15, -0.1) is 0 Å². The standard InChI is InChI=1S/C14H14N2O2/c1-8(13(15)17)10-7-6-9-4-2-3-5-11(9)12(10)14(16)18/h2-7,13,17H,1,15H2,(H2,16,18). The lowest BCUT2D eigenvalue weighted by atomic mass is 9.94. The van der Waals surface area contributed by atoms with E-state index in [4.69, 9.17) is 11.5 Å². The van der Waals surface area contributed by atoms with E-state index < -0.39 is 12.1 Å². The lowest BCUT2D eigenvalue weighted by molar-refractivity contribution is 0.100. The van der Waals surface area contributed by atoms with Gasteiger partial charge in [-0.1, -0.05) is 43.0 Å². The molecular weight excluding hydrogens is 228 g/mol. The van der Waals surface area contributed by atoms with Gasteiger partial charge in [0.1, 0.15) is 6.23 Å². The Balaban J connectivity index is 2.79. The van der Waals surface area contributed by atoms with Crippen LogP contribution in [0.2, 0.25) is 0 Å². The van der Waals surface area contributed by atoms with Gasteiger partial charge in [0.05, 0.1) is 5.56 Å². The fraction of sp³-hybridized carbons (Fsp3) is 0.0714. The summed E-state index contributed by atoms with van der Waals surface area (Å²) in [4.78, 5) is 11.6. The Labute approximate surface area is 105 Å². The van der Waals surface area contributed by atoms with Crippen LogP contribution in [0, 0.1) is 0 Å². The molecule has 0 fully saturated rings. The van der Waals surface area contributed by atoms with Crippen LogP contribution in [0.25, 0.3) is 16.3 Å². The first-order valence-electron chi connectivity index (χ1n) is 5.46. The van der Waals surface area contributed by atoms with Crippen LogP contribution in [0.3, 0.4) is 0 Å². The Bertz CT molecular complexity index is 633. The zero-order chi connectivity index (χ0) is 13.3. The van der Waals surface area contributed by atoms with Crippen LogP contribution in [0.5, 0.6) is 0 Å². The van der Waals surface area contributed by atoms with Crippen molar-refractivity contribution in [2.45, 2.75) is 6.23 Å².